The highest BCUT2D eigenvalue weighted by molar-refractivity contribution is 5.67. The van der Waals surface area contributed by atoms with Crippen LogP contribution in [0.25, 0.3) is 0 Å². The predicted octanol–water partition coefficient (Wildman–Crippen LogP) is 4.01. The van der Waals surface area contributed by atoms with Crippen LogP contribution in [0.5, 0.6) is 0 Å². The van der Waals surface area contributed by atoms with Crippen LogP contribution < -0.4 is 10.2 Å². The molecule has 2 aromatic rings. The molecular formula is C19H22N2. The van der Waals surface area contributed by atoms with Crippen molar-refractivity contribution in [1.29, 1.82) is 0 Å². The fourth-order valence-corrected chi connectivity index (χ4v) is 4.03. The quantitative estimate of drug-likeness (QED) is 0.912. The summed E-state index contributed by atoms with van der Waals surface area (Å²) in [6.07, 6.45) is 1.15. The van der Waals surface area contributed by atoms with Gasteiger partial charge in [-0.25, -0.2) is 0 Å². The third kappa shape index (κ3) is 1.85. The molecule has 1 aliphatic carbocycles. The molecule has 108 valence electrons. The van der Waals surface area contributed by atoms with Gasteiger partial charge in [-0.05, 0) is 55.2 Å². The Hall–Kier alpha value is -1.96. The van der Waals surface area contributed by atoms with Gasteiger partial charge in [0.05, 0.1) is 0 Å². The Morgan fingerprint density at radius 3 is 2.67 bits per heavy atom. The second-order valence-corrected chi connectivity index (χ2v) is 6.08. The summed E-state index contributed by atoms with van der Waals surface area (Å²) in [5.41, 5.74) is 7.21. The summed E-state index contributed by atoms with van der Waals surface area (Å²) in [5.74, 6) is 0.534. The number of fused-ring (bicyclic) bond motifs is 5. The van der Waals surface area contributed by atoms with Crippen molar-refractivity contribution in [2.75, 3.05) is 23.3 Å². The zero-order valence-corrected chi connectivity index (χ0v) is 12.8. The SMILES string of the molecule is CCN(CC)c1ccc2c(c1)[C@H]1c3ccccc3N[C@H]1C2. The van der Waals surface area contributed by atoms with Gasteiger partial charge in [-0.15, -0.1) is 0 Å². The summed E-state index contributed by atoms with van der Waals surface area (Å²) < 4.78 is 0. The third-order valence-corrected chi connectivity index (χ3v) is 5.07. The molecule has 0 bridgehead atoms. The second-order valence-electron chi connectivity index (χ2n) is 6.08. The molecular weight excluding hydrogens is 256 g/mol. The molecule has 2 nitrogen and oxygen atoms in total. The smallest absolute Gasteiger partial charge is 0.0411 e. The van der Waals surface area contributed by atoms with Crippen LogP contribution >= 0.6 is 0 Å². The monoisotopic (exact) mass is 278 g/mol. The molecule has 2 aliphatic rings. The maximum absolute atomic E-state index is 3.71. The average molecular weight is 278 g/mol. The van der Waals surface area contributed by atoms with Gasteiger partial charge in [0.2, 0.25) is 0 Å². The lowest BCUT2D eigenvalue weighted by molar-refractivity contribution is 0.727. The van der Waals surface area contributed by atoms with E-state index in [0.717, 1.165) is 19.5 Å². The van der Waals surface area contributed by atoms with E-state index in [9.17, 15) is 0 Å². The van der Waals surface area contributed by atoms with Gasteiger partial charge in [0.15, 0.2) is 0 Å². The highest BCUT2D eigenvalue weighted by Crippen LogP contribution is 2.47. The molecule has 1 N–H and O–H groups in total. The lowest BCUT2D eigenvalue weighted by Crippen LogP contribution is -2.22. The summed E-state index contributed by atoms with van der Waals surface area (Å²) >= 11 is 0. The van der Waals surface area contributed by atoms with Crippen LogP contribution in [0, 0.1) is 0 Å². The third-order valence-electron chi connectivity index (χ3n) is 5.07. The standard InChI is InChI=1S/C19H22N2/c1-3-21(4-2)14-10-9-13-11-18-19(16(13)12-14)15-7-5-6-8-17(15)20-18/h5-10,12,18-20H,3-4,11H2,1-2H3/t18-,19+/m0/s1. The highest BCUT2D eigenvalue weighted by Gasteiger charge is 2.39. The molecule has 2 atom stereocenters. The molecule has 0 spiro atoms. The van der Waals surface area contributed by atoms with Crippen molar-refractivity contribution in [3.8, 4) is 0 Å². The molecule has 0 aromatic heterocycles. The largest absolute Gasteiger partial charge is 0.381 e. The van der Waals surface area contributed by atoms with Crippen LogP contribution in [0.2, 0.25) is 0 Å². The Morgan fingerprint density at radius 2 is 1.86 bits per heavy atom. The normalized spacial score (nSPS) is 21.4. The van der Waals surface area contributed by atoms with Crippen molar-refractivity contribution in [3.63, 3.8) is 0 Å². The number of hydrogen-bond donors (Lipinski definition) is 1. The fourth-order valence-electron chi connectivity index (χ4n) is 4.03. The average Bonchev–Trinajstić information content (AvgIpc) is 3.03. The molecule has 0 amide bonds. The maximum Gasteiger partial charge on any atom is 0.0411 e. The van der Waals surface area contributed by atoms with Crippen LogP contribution in [-0.2, 0) is 6.42 Å². The Bertz CT molecular complexity index is 673. The van der Waals surface area contributed by atoms with Crippen LogP contribution in [0.1, 0.15) is 36.5 Å². The van der Waals surface area contributed by atoms with E-state index >= 15 is 0 Å². The first-order valence-electron chi connectivity index (χ1n) is 8.05. The molecule has 0 fully saturated rings. The number of rotatable bonds is 3. The minimum atomic E-state index is 0.534. The summed E-state index contributed by atoms with van der Waals surface area (Å²) in [6.45, 7) is 6.59. The van der Waals surface area contributed by atoms with Gasteiger partial charge in [0.1, 0.15) is 0 Å². The van der Waals surface area contributed by atoms with Gasteiger partial charge in [0.25, 0.3) is 0 Å². The maximum atomic E-state index is 3.71. The van der Waals surface area contributed by atoms with Crippen molar-refractivity contribution in [1.82, 2.24) is 0 Å². The Balaban J connectivity index is 1.78. The number of nitrogens with zero attached hydrogens (tertiary/aromatic N) is 1. The summed E-state index contributed by atoms with van der Waals surface area (Å²) in [6, 6.07) is 16.4. The van der Waals surface area contributed by atoms with Crippen molar-refractivity contribution < 1.29 is 0 Å². The van der Waals surface area contributed by atoms with E-state index in [0.29, 0.717) is 12.0 Å². The van der Waals surface area contributed by atoms with Crippen molar-refractivity contribution in [3.05, 3.63) is 59.2 Å². The molecule has 2 aromatic carbocycles. The second kappa shape index (κ2) is 4.80. The van der Waals surface area contributed by atoms with E-state index in [1.807, 2.05) is 0 Å². The van der Waals surface area contributed by atoms with Crippen LogP contribution in [0.15, 0.2) is 42.5 Å². The van der Waals surface area contributed by atoms with Crippen LogP contribution in [0.3, 0.4) is 0 Å². The molecule has 0 radical (unpaired) electrons. The van der Waals surface area contributed by atoms with Crippen molar-refractivity contribution in [2.45, 2.75) is 32.2 Å². The van der Waals surface area contributed by atoms with Crippen LogP contribution in [0.4, 0.5) is 11.4 Å². The molecule has 4 rings (SSSR count). The topological polar surface area (TPSA) is 15.3 Å². The minimum absolute atomic E-state index is 0.534. The van der Waals surface area contributed by atoms with Gasteiger partial charge in [-0.3, -0.25) is 0 Å². The molecule has 2 heteroatoms. The van der Waals surface area contributed by atoms with E-state index in [1.165, 1.54) is 28.1 Å². The number of benzene rings is 2. The molecule has 0 saturated carbocycles. The lowest BCUT2D eigenvalue weighted by atomic mass is 9.92. The predicted molar refractivity (Wildman–Crippen MR) is 89.4 cm³/mol. The zero-order chi connectivity index (χ0) is 14.4. The van der Waals surface area contributed by atoms with Crippen molar-refractivity contribution >= 4 is 11.4 Å². The van der Waals surface area contributed by atoms with E-state index < -0.39 is 0 Å². The molecule has 0 saturated heterocycles. The zero-order valence-electron chi connectivity index (χ0n) is 12.8. The number of nitrogens with one attached hydrogen (secondary N) is 1. The van der Waals surface area contributed by atoms with E-state index in [2.05, 4.69) is 66.5 Å². The molecule has 21 heavy (non-hydrogen) atoms. The number of para-hydroxylation sites is 1. The highest BCUT2D eigenvalue weighted by atomic mass is 15.1. The van der Waals surface area contributed by atoms with Gasteiger partial charge in [-0.2, -0.15) is 0 Å². The Kier molecular flexibility index (Phi) is 2.91. The molecule has 1 heterocycles. The number of hydrogen-bond acceptors (Lipinski definition) is 2. The fraction of sp³-hybridized carbons (Fsp3) is 0.368. The van der Waals surface area contributed by atoms with Gasteiger partial charge in [-0.1, -0.05) is 24.3 Å². The Labute approximate surface area is 126 Å². The van der Waals surface area contributed by atoms with Crippen LogP contribution in [-0.4, -0.2) is 19.1 Å². The van der Waals surface area contributed by atoms with E-state index in [-0.39, 0.29) is 0 Å². The first kappa shape index (κ1) is 12.8. The first-order chi connectivity index (χ1) is 10.3. The Morgan fingerprint density at radius 1 is 1.05 bits per heavy atom. The first-order valence-corrected chi connectivity index (χ1v) is 8.05. The minimum Gasteiger partial charge on any atom is -0.381 e. The van der Waals surface area contributed by atoms with E-state index in [4.69, 9.17) is 0 Å². The van der Waals surface area contributed by atoms with Crippen molar-refractivity contribution in [2.24, 2.45) is 0 Å². The van der Waals surface area contributed by atoms with Gasteiger partial charge in [0, 0.05) is 36.4 Å². The molecule has 1 aliphatic heterocycles. The van der Waals surface area contributed by atoms with E-state index in [1.54, 1.807) is 0 Å². The number of anilines is 2. The summed E-state index contributed by atoms with van der Waals surface area (Å²) in [4.78, 5) is 2.43. The lowest BCUT2D eigenvalue weighted by Gasteiger charge is -2.22. The summed E-state index contributed by atoms with van der Waals surface area (Å²) in [5, 5.41) is 3.71. The van der Waals surface area contributed by atoms with Gasteiger partial charge < -0.3 is 10.2 Å². The van der Waals surface area contributed by atoms with Gasteiger partial charge >= 0.3 is 0 Å². The molecule has 0 unspecified atom stereocenters. The summed E-state index contributed by atoms with van der Waals surface area (Å²) in [7, 11) is 0.